The van der Waals surface area contributed by atoms with Crippen molar-refractivity contribution in [3.05, 3.63) is 21.9 Å². The van der Waals surface area contributed by atoms with E-state index in [4.69, 9.17) is 5.11 Å². The number of aliphatic carboxylic acids is 1. The van der Waals surface area contributed by atoms with Crippen LogP contribution < -0.4 is 0 Å². The van der Waals surface area contributed by atoms with E-state index in [2.05, 4.69) is 16.5 Å². The molecular formula is C16H20N2O3S. The predicted octanol–water partition coefficient (Wildman–Crippen LogP) is 2.89. The van der Waals surface area contributed by atoms with E-state index in [0.717, 1.165) is 31.4 Å². The number of hydrogen-bond donors (Lipinski definition) is 1. The van der Waals surface area contributed by atoms with E-state index in [1.165, 1.54) is 10.4 Å². The van der Waals surface area contributed by atoms with Gasteiger partial charge >= 0.3 is 5.97 Å². The Morgan fingerprint density at radius 2 is 2.27 bits per heavy atom. The molecule has 3 rings (SSSR count). The summed E-state index contributed by atoms with van der Waals surface area (Å²) in [5.74, 6) is -0.382. The quantitative estimate of drug-likeness (QED) is 0.819. The fourth-order valence-corrected chi connectivity index (χ4v) is 4.05. The number of carboxylic acid groups (broad SMARTS) is 1. The second kappa shape index (κ2) is 6.60. The number of unbranched alkanes of at least 4 members (excludes halogenated alkanes) is 2. The molecule has 0 aromatic carbocycles. The zero-order valence-electron chi connectivity index (χ0n) is 12.5. The molecule has 0 radical (unpaired) electrons. The highest BCUT2D eigenvalue weighted by atomic mass is 32.1. The van der Waals surface area contributed by atoms with Gasteiger partial charge in [0.2, 0.25) is 5.91 Å². The van der Waals surface area contributed by atoms with Gasteiger partial charge in [-0.2, -0.15) is 5.10 Å². The SMILES string of the molecule is O=C(O)CCCCCN1N=C2c3ccsc3CCC2CC1=O. The number of nitrogens with zero attached hydrogens (tertiary/aromatic N) is 2. The molecule has 1 aliphatic heterocycles. The minimum Gasteiger partial charge on any atom is -0.481 e. The van der Waals surface area contributed by atoms with Gasteiger partial charge in [-0.3, -0.25) is 9.59 Å². The zero-order valence-corrected chi connectivity index (χ0v) is 13.3. The molecule has 1 aromatic heterocycles. The van der Waals surface area contributed by atoms with Crippen molar-refractivity contribution in [2.24, 2.45) is 11.0 Å². The molecule has 22 heavy (non-hydrogen) atoms. The largest absolute Gasteiger partial charge is 0.481 e. The standard InChI is InChI=1S/C16H20N2O3S/c19-14-10-11-5-6-13-12(7-9-22-13)16(11)17-18(14)8-3-1-2-4-15(20)21/h7,9,11H,1-6,8,10H2,(H,20,21). The van der Waals surface area contributed by atoms with Crippen molar-refractivity contribution in [2.45, 2.75) is 44.9 Å². The summed E-state index contributed by atoms with van der Waals surface area (Å²) in [6.45, 7) is 0.591. The van der Waals surface area contributed by atoms with Crippen LogP contribution in [0.2, 0.25) is 0 Å². The van der Waals surface area contributed by atoms with Crippen LogP contribution in [-0.2, 0) is 16.0 Å². The van der Waals surface area contributed by atoms with Crippen LogP contribution in [0.25, 0.3) is 0 Å². The van der Waals surface area contributed by atoms with Gasteiger partial charge in [-0.25, -0.2) is 5.01 Å². The van der Waals surface area contributed by atoms with Crippen LogP contribution in [0.4, 0.5) is 0 Å². The number of carbonyl (C=O) groups excluding carboxylic acids is 1. The van der Waals surface area contributed by atoms with Gasteiger partial charge in [0.1, 0.15) is 0 Å². The Kier molecular flexibility index (Phi) is 4.57. The second-order valence-electron chi connectivity index (χ2n) is 5.90. The predicted molar refractivity (Wildman–Crippen MR) is 85.1 cm³/mol. The normalized spacial score (nSPS) is 20.4. The minimum atomic E-state index is -0.760. The van der Waals surface area contributed by atoms with Crippen molar-refractivity contribution < 1.29 is 14.7 Å². The van der Waals surface area contributed by atoms with Crippen LogP contribution in [0.1, 0.15) is 49.0 Å². The lowest BCUT2D eigenvalue weighted by Crippen LogP contribution is -2.39. The summed E-state index contributed by atoms with van der Waals surface area (Å²) < 4.78 is 0. The Labute approximate surface area is 133 Å². The Morgan fingerprint density at radius 1 is 1.41 bits per heavy atom. The number of carboxylic acids is 1. The number of amides is 1. The summed E-state index contributed by atoms with van der Waals surface area (Å²) in [5.41, 5.74) is 2.30. The summed E-state index contributed by atoms with van der Waals surface area (Å²) in [4.78, 5) is 24.1. The number of rotatable bonds is 6. The minimum absolute atomic E-state index is 0.102. The first kappa shape index (κ1) is 15.2. The fourth-order valence-electron chi connectivity index (χ4n) is 3.15. The van der Waals surface area contributed by atoms with Crippen LogP contribution in [0, 0.1) is 5.92 Å². The van der Waals surface area contributed by atoms with E-state index in [1.54, 1.807) is 16.3 Å². The third kappa shape index (κ3) is 3.21. The van der Waals surface area contributed by atoms with E-state index >= 15 is 0 Å². The Bertz CT molecular complexity index is 608. The van der Waals surface area contributed by atoms with Crippen molar-refractivity contribution in [2.75, 3.05) is 6.54 Å². The first-order valence-corrected chi connectivity index (χ1v) is 8.70. The number of hydrogen-bond acceptors (Lipinski definition) is 4. The van der Waals surface area contributed by atoms with Gasteiger partial charge in [0.25, 0.3) is 0 Å². The van der Waals surface area contributed by atoms with Crippen molar-refractivity contribution in [1.29, 1.82) is 0 Å². The average molecular weight is 320 g/mol. The highest BCUT2D eigenvalue weighted by Crippen LogP contribution is 2.34. The third-order valence-electron chi connectivity index (χ3n) is 4.33. The fraction of sp³-hybridized carbons (Fsp3) is 0.562. The first-order valence-electron chi connectivity index (χ1n) is 7.82. The van der Waals surface area contributed by atoms with Crippen LogP contribution in [0.3, 0.4) is 0 Å². The Morgan fingerprint density at radius 3 is 3.09 bits per heavy atom. The van der Waals surface area contributed by atoms with Crippen molar-refractivity contribution in [3.8, 4) is 0 Å². The van der Waals surface area contributed by atoms with E-state index in [0.29, 0.717) is 19.4 Å². The molecule has 1 aromatic rings. The van der Waals surface area contributed by atoms with Crippen molar-refractivity contribution in [3.63, 3.8) is 0 Å². The summed E-state index contributed by atoms with van der Waals surface area (Å²) in [5, 5.41) is 16.9. The van der Waals surface area contributed by atoms with Crippen molar-refractivity contribution in [1.82, 2.24) is 5.01 Å². The number of fused-ring (bicyclic) bond motifs is 3. The number of aryl methyl sites for hydroxylation is 1. The van der Waals surface area contributed by atoms with Crippen LogP contribution in [0.5, 0.6) is 0 Å². The molecule has 1 N–H and O–H groups in total. The van der Waals surface area contributed by atoms with Gasteiger partial charge in [-0.05, 0) is 37.1 Å². The van der Waals surface area contributed by atoms with Gasteiger partial charge in [-0.1, -0.05) is 6.42 Å². The van der Waals surface area contributed by atoms with Gasteiger partial charge in [0.05, 0.1) is 5.71 Å². The molecule has 1 aliphatic carbocycles. The highest BCUT2D eigenvalue weighted by molar-refractivity contribution is 7.10. The van der Waals surface area contributed by atoms with E-state index in [1.807, 2.05) is 0 Å². The molecule has 0 bridgehead atoms. The lowest BCUT2D eigenvalue weighted by atomic mass is 9.83. The maximum atomic E-state index is 12.2. The maximum Gasteiger partial charge on any atom is 0.303 e. The summed E-state index contributed by atoms with van der Waals surface area (Å²) in [6, 6.07) is 2.12. The molecule has 5 nitrogen and oxygen atoms in total. The van der Waals surface area contributed by atoms with E-state index < -0.39 is 5.97 Å². The van der Waals surface area contributed by atoms with Crippen LogP contribution in [-0.4, -0.2) is 34.2 Å². The molecular weight excluding hydrogens is 300 g/mol. The molecule has 0 spiro atoms. The number of thiophene rings is 1. The highest BCUT2D eigenvalue weighted by Gasteiger charge is 2.34. The average Bonchev–Trinajstić information content (AvgIpc) is 2.95. The van der Waals surface area contributed by atoms with Gasteiger partial charge < -0.3 is 5.11 Å². The molecule has 0 saturated carbocycles. The maximum absolute atomic E-state index is 12.2. The second-order valence-corrected chi connectivity index (χ2v) is 6.90. The number of hydrazone groups is 1. The third-order valence-corrected chi connectivity index (χ3v) is 5.31. The molecule has 6 heteroatoms. The van der Waals surface area contributed by atoms with Gasteiger partial charge in [-0.15, -0.1) is 11.3 Å². The topological polar surface area (TPSA) is 70.0 Å². The molecule has 2 aliphatic rings. The monoisotopic (exact) mass is 320 g/mol. The Hall–Kier alpha value is -1.69. The number of carbonyl (C=O) groups is 2. The molecule has 1 amide bonds. The van der Waals surface area contributed by atoms with Crippen LogP contribution >= 0.6 is 11.3 Å². The molecule has 2 heterocycles. The van der Waals surface area contributed by atoms with Gasteiger partial charge in [0, 0.05) is 35.7 Å². The smallest absolute Gasteiger partial charge is 0.303 e. The summed E-state index contributed by atoms with van der Waals surface area (Å²) in [6.07, 6.45) is 5.10. The molecule has 1 atom stereocenters. The first-order chi connectivity index (χ1) is 10.6. The summed E-state index contributed by atoms with van der Waals surface area (Å²) >= 11 is 1.77. The molecule has 0 saturated heterocycles. The molecule has 118 valence electrons. The van der Waals surface area contributed by atoms with Gasteiger partial charge in [0.15, 0.2) is 0 Å². The van der Waals surface area contributed by atoms with E-state index in [9.17, 15) is 9.59 Å². The summed E-state index contributed by atoms with van der Waals surface area (Å²) in [7, 11) is 0. The molecule has 1 unspecified atom stereocenters. The lowest BCUT2D eigenvalue weighted by Gasteiger charge is -2.32. The Balaban J connectivity index is 1.62. The lowest BCUT2D eigenvalue weighted by molar-refractivity contribution is -0.137. The zero-order chi connectivity index (χ0) is 15.5. The molecule has 0 fully saturated rings. The van der Waals surface area contributed by atoms with Crippen LogP contribution in [0.15, 0.2) is 16.5 Å². The van der Waals surface area contributed by atoms with Crippen molar-refractivity contribution >= 4 is 28.9 Å². The van der Waals surface area contributed by atoms with E-state index in [-0.39, 0.29) is 18.2 Å².